The van der Waals surface area contributed by atoms with Gasteiger partial charge in [-0.15, -0.1) is 5.10 Å². The number of anilines is 2. The van der Waals surface area contributed by atoms with Gasteiger partial charge in [-0.05, 0) is 72.2 Å². The predicted octanol–water partition coefficient (Wildman–Crippen LogP) is 3.84. The van der Waals surface area contributed by atoms with Crippen LogP contribution in [-0.4, -0.2) is 39.2 Å². The zero-order valence-electron chi connectivity index (χ0n) is 16.1. The molecule has 1 N–H and O–H groups in total. The summed E-state index contributed by atoms with van der Waals surface area (Å²) in [6.45, 7) is 3.29. The molecule has 0 atom stereocenters. The van der Waals surface area contributed by atoms with Gasteiger partial charge in [0, 0.05) is 18.7 Å². The summed E-state index contributed by atoms with van der Waals surface area (Å²) in [7, 11) is 0. The van der Waals surface area contributed by atoms with Crippen LogP contribution in [0, 0.1) is 6.92 Å². The number of hydrogen-bond donors (Lipinski definition) is 1. The average Bonchev–Trinajstić information content (AvgIpc) is 3.41. The SMILES string of the molecule is Cc1cc(C(=O)Nc2cc(C(F)(F)F)ccc2N2CCCC2)ccc1-n1cnnn1. The van der Waals surface area contributed by atoms with Crippen molar-refractivity contribution >= 4 is 17.3 Å². The number of hydrogen-bond acceptors (Lipinski definition) is 5. The Hall–Kier alpha value is -3.43. The number of carbonyl (C=O) groups excluding carboxylic acids is 1. The van der Waals surface area contributed by atoms with Gasteiger partial charge in [-0.1, -0.05) is 0 Å². The fourth-order valence-corrected chi connectivity index (χ4v) is 3.57. The molecule has 0 aliphatic carbocycles. The van der Waals surface area contributed by atoms with Crippen LogP contribution < -0.4 is 10.2 Å². The summed E-state index contributed by atoms with van der Waals surface area (Å²) in [5, 5.41) is 13.7. The van der Waals surface area contributed by atoms with Crippen LogP contribution in [0.3, 0.4) is 0 Å². The average molecular weight is 416 g/mol. The summed E-state index contributed by atoms with van der Waals surface area (Å²) in [5.41, 5.74) is 1.72. The van der Waals surface area contributed by atoms with E-state index in [1.165, 1.54) is 17.1 Å². The van der Waals surface area contributed by atoms with E-state index in [4.69, 9.17) is 0 Å². The Kier molecular flexibility index (Phi) is 5.15. The molecule has 0 unspecified atom stereocenters. The van der Waals surface area contributed by atoms with Crippen LogP contribution in [0.4, 0.5) is 24.5 Å². The second-order valence-corrected chi connectivity index (χ2v) is 7.13. The number of tetrazole rings is 1. The molecule has 10 heteroatoms. The summed E-state index contributed by atoms with van der Waals surface area (Å²) in [5.74, 6) is -0.485. The van der Waals surface area contributed by atoms with Crippen molar-refractivity contribution in [2.24, 2.45) is 0 Å². The molecule has 1 saturated heterocycles. The molecule has 0 spiro atoms. The first kappa shape index (κ1) is 19.9. The molecule has 1 aliphatic heterocycles. The van der Waals surface area contributed by atoms with Gasteiger partial charge in [0.1, 0.15) is 6.33 Å². The van der Waals surface area contributed by atoms with Gasteiger partial charge in [-0.3, -0.25) is 4.79 Å². The van der Waals surface area contributed by atoms with E-state index in [-0.39, 0.29) is 5.69 Å². The molecule has 0 saturated carbocycles. The normalized spacial score (nSPS) is 14.2. The Morgan fingerprint density at radius 1 is 1.07 bits per heavy atom. The van der Waals surface area contributed by atoms with Crippen LogP contribution in [0.5, 0.6) is 0 Å². The highest BCUT2D eigenvalue weighted by Crippen LogP contribution is 2.36. The standard InChI is InChI=1S/C20H19F3N6O/c1-13-10-14(4-6-17(13)29-12-24-26-27-29)19(30)25-16-11-15(20(21,22)23)5-7-18(16)28-8-2-3-9-28/h4-7,10-12H,2-3,8-9H2,1H3,(H,25,30). The minimum absolute atomic E-state index is 0.152. The van der Waals surface area contributed by atoms with Gasteiger partial charge in [0.25, 0.3) is 5.91 Å². The number of alkyl halides is 3. The number of amides is 1. The molecule has 4 rings (SSSR count). The molecule has 1 fully saturated rings. The molecule has 2 aromatic carbocycles. The summed E-state index contributed by atoms with van der Waals surface area (Å²) < 4.78 is 41.1. The van der Waals surface area contributed by atoms with E-state index in [0.717, 1.165) is 43.6 Å². The van der Waals surface area contributed by atoms with Crippen LogP contribution >= 0.6 is 0 Å². The number of aromatic nitrogens is 4. The van der Waals surface area contributed by atoms with E-state index in [0.29, 0.717) is 16.9 Å². The maximum absolute atomic E-state index is 13.2. The van der Waals surface area contributed by atoms with Crippen molar-refractivity contribution in [3.63, 3.8) is 0 Å². The second-order valence-electron chi connectivity index (χ2n) is 7.13. The topological polar surface area (TPSA) is 75.9 Å². The predicted molar refractivity (Wildman–Crippen MR) is 105 cm³/mol. The molecule has 7 nitrogen and oxygen atoms in total. The van der Waals surface area contributed by atoms with Crippen LogP contribution in [-0.2, 0) is 6.18 Å². The van der Waals surface area contributed by atoms with Crippen LogP contribution in [0.2, 0.25) is 0 Å². The third-order valence-corrected chi connectivity index (χ3v) is 5.07. The molecule has 1 aliphatic rings. The number of rotatable bonds is 4. The Bertz CT molecular complexity index is 1060. The maximum Gasteiger partial charge on any atom is 0.416 e. The molecule has 2 heterocycles. The van der Waals surface area contributed by atoms with Crippen molar-refractivity contribution < 1.29 is 18.0 Å². The van der Waals surface area contributed by atoms with E-state index in [2.05, 4.69) is 20.8 Å². The molecular weight excluding hydrogens is 397 g/mol. The summed E-state index contributed by atoms with van der Waals surface area (Å²) >= 11 is 0. The van der Waals surface area contributed by atoms with E-state index in [1.54, 1.807) is 25.1 Å². The Morgan fingerprint density at radius 2 is 1.80 bits per heavy atom. The largest absolute Gasteiger partial charge is 0.416 e. The molecule has 3 aromatic rings. The Labute approximate surface area is 170 Å². The number of nitrogens with one attached hydrogen (secondary N) is 1. The lowest BCUT2D eigenvalue weighted by atomic mass is 10.1. The van der Waals surface area contributed by atoms with E-state index in [9.17, 15) is 18.0 Å². The molecule has 156 valence electrons. The van der Waals surface area contributed by atoms with Crippen LogP contribution in [0.25, 0.3) is 5.69 Å². The first-order chi connectivity index (χ1) is 14.3. The highest BCUT2D eigenvalue weighted by molar-refractivity contribution is 6.06. The van der Waals surface area contributed by atoms with Gasteiger partial charge >= 0.3 is 6.18 Å². The minimum Gasteiger partial charge on any atom is -0.370 e. The summed E-state index contributed by atoms with van der Waals surface area (Å²) in [6.07, 6.45) is -1.13. The number of aryl methyl sites for hydroxylation is 1. The zero-order chi connectivity index (χ0) is 21.3. The highest BCUT2D eigenvalue weighted by Gasteiger charge is 2.32. The van der Waals surface area contributed by atoms with Crippen molar-refractivity contribution in [2.75, 3.05) is 23.3 Å². The van der Waals surface area contributed by atoms with E-state index >= 15 is 0 Å². The maximum atomic E-state index is 13.2. The Morgan fingerprint density at radius 3 is 2.43 bits per heavy atom. The number of nitrogens with zero attached hydrogens (tertiary/aromatic N) is 5. The van der Waals surface area contributed by atoms with Gasteiger partial charge in [0.15, 0.2) is 0 Å². The van der Waals surface area contributed by atoms with Gasteiger partial charge in [-0.2, -0.15) is 13.2 Å². The van der Waals surface area contributed by atoms with Gasteiger partial charge < -0.3 is 10.2 Å². The fourth-order valence-electron chi connectivity index (χ4n) is 3.57. The second kappa shape index (κ2) is 7.77. The van der Waals surface area contributed by atoms with Crippen molar-refractivity contribution in [1.82, 2.24) is 20.2 Å². The van der Waals surface area contributed by atoms with Gasteiger partial charge in [-0.25, -0.2) is 4.68 Å². The molecule has 1 aromatic heterocycles. The van der Waals surface area contributed by atoms with Crippen molar-refractivity contribution in [1.29, 1.82) is 0 Å². The van der Waals surface area contributed by atoms with Crippen molar-refractivity contribution in [2.45, 2.75) is 25.9 Å². The van der Waals surface area contributed by atoms with Crippen molar-refractivity contribution in [3.8, 4) is 5.69 Å². The molecule has 30 heavy (non-hydrogen) atoms. The molecule has 0 radical (unpaired) electrons. The van der Waals surface area contributed by atoms with Crippen LogP contribution in [0.15, 0.2) is 42.7 Å². The van der Waals surface area contributed by atoms with Crippen molar-refractivity contribution in [3.05, 3.63) is 59.4 Å². The monoisotopic (exact) mass is 416 g/mol. The quantitative estimate of drug-likeness (QED) is 0.699. The Balaban J connectivity index is 1.64. The van der Waals surface area contributed by atoms with E-state index in [1.807, 2.05) is 4.90 Å². The third-order valence-electron chi connectivity index (χ3n) is 5.07. The minimum atomic E-state index is -4.49. The van der Waals surface area contributed by atoms with Crippen LogP contribution in [0.1, 0.15) is 34.3 Å². The van der Waals surface area contributed by atoms with Gasteiger partial charge in [0.05, 0.1) is 22.6 Å². The lowest BCUT2D eigenvalue weighted by Crippen LogP contribution is -2.22. The number of benzene rings is 2. The third kappa shape index (κ3) is 3.98. The fraction of sp³-hybridized carbons (Fsp3) is 0.300. The summed E-state index contributed by atoms with van der Waals surface area (Å²) in [4.78, 5) is 14.8. The first-order valence-electron chi connectivity index (χ1n) is 9.44. The number of halogens is 3. The molecule has 1 amide bonds. The highest BCUT2D eigenvalue weighted by atomic mass is 19.4. The number of carbonyl (C=O) groups is 1. The lowest BCUT2D eigenvalue weighted by molar-refractivity contribution is -0.137. The van der Waals surface area contributed by atoms with E-state index < -0.39 is 17.6 Å². The molecule has 0 bridgehead atoms. The first-order valence-corrected chi connectivity index (χ1v) is 9.44. The lowest BCUT2D eigenvalue weighted by Gasteiger charge is -2.23. The summed E-state index contributed by atoms with van der Waals surface area (Å²) in [6, 6.07) is 8.39. The smallest absolute Gasteiger partial charge is 0.370 e. The van der Waals surface area contributed by atoms with Gasteiger partial charge in [0.2, 0.25) is 0 Å². The molecular formula is C20H19F3N6O. The zero-order valence-corrected chi connectivity index (χ0v) is 16.1.